The number of hydrogen-bond donors (Lipinski definition) is 2. The third kappa shape index (κ3) is 2.60. The third-order valence-corrected chi connectivity index (χ3v) is 2.12. The van der Waals surface area contributed by atoms with Crippen molar-refractivity contribution in [1.29, 1.82) is 0 Å². The van der Waals surface area contributed by atoms with Crippen LogP contribution in [0.2, 0.25) is 0 Å². The van der Waals surface area contributed by atoms with E-state index in [1.165, 1.54) is 0 Å². The van der Waals surface area contributed by atoms with Crippen molar-refractivity contribution in [1.82, 2.24) is 0 Å². The lowest BCUT2D eigenvalue weighted by molar-refractivity contribution is 0.303. The van der Waals surface area contributed by atoms with Crippen molar-refractivity contribution in [3.63, 3.8) is 0 Å². The molecular formula is C12H16O2. The van der Waals surface area contributed by atoms with Crippen molar-refractivity contribution in [2.45, 2.75) is 20.3 Å². The fourth-order valence-corrected chi connectivity index (χ4v) is 1.38. The molecule has 0 aromatic heterocycles. The standard InChI is InChI=1S/C12H16O2/c1-9-7-11(5-3-4-6-13)8-10(2)12(9)14/h3,5,7-8,13-14H,4,6H2,1-2H3. The Hall–Kier alpha value is -1.28. The minimum atomic E-state index is 0.173. The molecule has 2 heteroatoms. The van der Waals surface area contributed by atoms with Crippen molar-refractivity contribution in [3.05, 3.63) is 34.9 Å². The Balaban J connectivity index is 2.89. The van der Waals surface area contributed by atoms with Crippen molar-refractivity contribution in [2.75, 3.05) is 6.61 Å². The molecule has 76 valence electrons. The van der Waals surface area contributed by atoms with Crippen LogP contribution in [0.5, 0.6) is 5.75 Å². The van der Waals surface area contributed by atoms with Crippen molar-refractivity contribution >= 4 is 6.08 Å². The molecule has 0 aliphatic rings. The molecule has 2 N–H and O–H groups in total. The van der Waals surface area contributed by atoms with Gasteiger partial charge in [-0.2, -0.15) is 0 Å². The topological polar surface area (TPSA) is 40.5 Å². The Morgan fingerprint density at radius 1 is 1.21 bits per heavy atom. The van der Waals surface area contributed by atoms with Crippen LogP contribution in [0.1, 0.15) is 23.1 Å². The molecule has 0 fully saturated rings. The van der Waals surface area contributed by atoms with Crippen molar-refractivity contribution in [2.24, 2.45) is 0 Å². The van der Waals surface area contributed by atoms with E-state index in [-0.39, 0.29) is 6.61 Å². The molecule has 0 amide bonds. The molecule has 0 heterocycles. The maximum atomic E-state index is 9.54. The van der Waals surface area contributed by atoms with E-state index in [2.05, 4.69) is 0 Å². The average Bonchev–Trinajstić information content (AvgIpc) is 2.14. The quantitative estimate of drug-likeness (QED) is 0.772. The second-order valence-corrected chi connectivity index (χ2v) is 3.42. The average molecular weight is 192 g/mol. The summed E-state index contributed by atoms with van der Waals surface area (Å²) in [5.74, 6) is 0.365. The molecule has 0 saturated heterocycles. The molecule has 14 heavy (non-hydrogen) atoms. The van der Waals surface area contributed by atoms with E-state index < -0.39 is 0 Å². The summed E-state index contributed by atoms with van der Waals surface area (Å²) >= 11 is 0. The molecule has 0 aliphatic heterocycles. The highest BCUT2D eigenvalue weighted by Gasteiger charge is 2.00. The molecule has 1 aromatic carbocycles. The molecule has 0 spiro atoms. The fourth-order valence-electron chi connectivity index (χ4n) is 1.38. The second-order valence-electron chi connectivity index (χ2n) is 3.42. The number of phenolic OH excluding ortho intramolecular Hbond substituents is 1. The molecule has 1 aromatic rings. The summed E-state index contributed by atoms with van der Waals surface area (Å²) in [6.07, 6.45) is 4.54. The van der Waals surface area contributed by atoms with E-state index in [1.807, 2.05) is 38.1 Å². The van der Waals surface area contributed by atoms with Gasteiger partial charge in [0.25, 0.3) is 0 Å². The Labute approximate surface area is 84.5 Å². The first-order valence-electron chi connectivity index (χ1n) is 4.72. The minimum absolute atomic E-state index is 0.173. The summed E-state index contributed by atoms with van der Waals surface area (Å²) in [7, 11) is 0. The van der Waals surface area contributed by atoms with Crippen LogP contribution in [0.3, 0.4) is 0 Å². The number of hydrogen-bond acceptors (Lipinski definition) is 2. The number of aromatic hydroxyl groups is 1. The van der Waals surface area contributed by atoms with E-state index in [0.717, 1.165) is 16.7 Å². The predicted octanol–water partition coefficient (Wildman–Crippen LogP) is 2.40. The van der Waals surface area contributed by atoms with Gasteiger partial charge in [0, 0.05) is 6.61 Å². The maximum Gasteiger partial charge on any atom is 0.121 e. The smallest absolute Gasteiger partial charge is 0.121 e. The highest BCUT2D eigenvalue weighted by molar-refractivity contribution is 5.55. The number of aliphatic hydroxyl groups excluding tert-OH is 1. The van der Waals surface area contributed by atoms with Gasteiger partial charge in [-0.3, -0.25) is 0 Å². The van der Waals surface area contributed by atoms with E-state index in [4.69, 9.17) is 5.11 Å². The van der Waals surface area contributed by atoms with Crippen molar-refractivity contribution < 1.29 is 10.2 Å². The number of phenols is 1. The number of rotatable bonds is 3. The molecular weight excluding hydrogens is 176 g/mol. The Bertz CT molecular complexity index is 317. The van der Waals surface area contributed by atoms with Gasteiger partial charge in [-0.1, -0.05) is 12.2 Å². The molecule has 0 aliphatic carbocycles. The van der Waals surface area contributed by atoms with Crippen molar-refractivity contribution in [3.8, 4) is 5.75 Å². The van der Waals surface area contributed by atoms with Gasteiger partial charge in [0.1, 0.15) is 5.75 Å². The van der Waals surface area contributed by atoms with Gasteiger partial charge >= 0.3 is 0 Å². The Morgan fingerprint density at radius 2 is 1.79 bits per heavy atom. The molecule has 0 bridgehead atoms. The van der Waals surface area contributed by atoms with Crippen LogP contribution in [0.25, 0.3) is 6.08 Å². The first-order chi connectivity index (χ1) is 6.65. The van der Waals surface area contributed by atoms with Gasteiger partial charge in [0.15, 0.2) is 0 Å². The highest BCUT2D eigenvalue weighted by Crippen LogP contribution is 2.23. The van der Waals surface area contributed by atoms with E-state index in [9.17, 15) is 5.11 Å². The summed E-state index contributed by atoms with van der Waals surface area (Å²) in [5, 5.41) is 18.1. The Kier molecular flexibility index (Phi) is 3.72. The van der Waals surface area contributed by atoms with Crippen LogP contribution in [-0.4, -0.2) is 16.8 Å². The molecule has 0 unspecified atom stereocenters. The lowest BCUT2D eigenvalue weighted by Crippen LogP contribution is -1.83. The third-order valence-electron chi connectivity index (χ3n) is 2.12. The van der Waals surface area contributed by atoms with E-state index in [0.29, 0.717) is 12.2 Å². The van der Waals surface area contributed by atoms with E-state index in [1.54, 1.807) is 0 Å². The zero-order valence-corrected chi connectivity index (χ0v) is 8.62. The van der Waals surface area contributed by atoms with Gasteiger partial charge in [-0.05, 0) is 49.1 Å². The normalized spacial score (nSPS) is 11.1. The monoisotopic (exact) mass is 192 g/mol. The van der Waals surface area contributed by atoms with Crippen LogP contribution < -0.4 is 0 Å². The SMILES string of the molecule is Cc1cc(C=CCCO)cc(C)c1O. The van der Waals surface area contributed by atoms with Crippen LogP contribution in [-0.2, 0) is 0 Å². The highest BCUT2D eigenvalue weighted by atomic mass is 16.3. The summed E-state index contributed by atoms with van der Waals surface area (Å²) in [4.78, 5) is 0. The Morgan fingerprint density at radius 3 is 2.29 bits per heavy atom. The zero-order chi connectivity index (χ0) is 10.6. The number of benzene rings is 1. The molecule has 0 atom stereocenters. The van der Waals surface area contributed by atoms with Gasteiger partial charge in [-0.15, -0.1) is 0 Å². The first-order valence-corrected chi connectivity index (χ1v) is 4.72. The van der Waals surface area contributed by atoms with Gasteiger partial charge < -0.3 is 10.2 Å². The predicted molar refractivity (Wildman–Crippen MR) is 58.3 cm³/mol. The van der Waals surface area contributed by atoms with Crippen LogP contribution in [0.15, 0.2) is 18.2 Å². The van der Waals surface area contributed by atoms with Crippen LogP contribution in [0.4, 0.5) is 0 Å². The molecule has 2 nitrogen and oxygen atoms in total. The first kappa shape index (κ1) is 10.8. The number of aryl methyl sites for hydroxylation is 2. The molecule has 1 rings (SSSR count). The summed E-state index contributed by atoms with van der Waals surface area (Å²) < 4.78 is 0. The van der Waals surface area contributed by atoms with Gasteiger partial charge in [0.05, 0.1) is 0 Å². The largest absolute Gasteiger partial charge is 0.507 e. The molecule has 0 saturated carbocycles. The summed E-state index contributed by atoms with van der Waals surface area (Å²) in [5.41, 5.74) is 2.83. The lowest BCUT2D eigenvalue weighted by atomic mass is 10.1. The molecule has 0 radical (unpaired) electrons. The van der Waals surface area contributed by atoms with Crippen LogP contribution in [0, 0.1) is 13.8 Å². The number of aliphatic hydroxyl groups is 1. The zero-order valence-electron chi connectivity index (χ0n) is 8.62. The lowest BCUT2D eigenvalue weighted by Gasteiger charge is -2.04. The van der Waals surface area contributed by atoms with Gasteiger partial charge in [-0.25, -0.2) is 0 Å². The fraction of sp³-hybridized carbons (Fsp3) is 0.333. The van der Waals surface area contributed by atoms with E-state index >= 15 is 0 Å². The maximum absolute atomic E-state index is 9.54. The summed E-state index contributed by atoms with van der Waals surface area (Å²) in [6.45, 7) is 3.93. The van der Waals surface area contributed by atoms with Gasteiger partial charge in [0.2, 0.25) is 0 Å². The van der Waals surface area contributed by atoms with Crippen LogP contribution >= 0.6 is 0 Å². The second kappa shape index (κ2) is 4.82. The minimum Gasteiger partial charge on any atom is -0.507 e. The summed E-state index contributed by atoms with van der Waals surface area (Å²) in [6, 6.07) is 3.85.